The number of hydrogen-bond acceptors (Lipinski definition) is 9. The number of unbranched alkanes of at least 4 members (excludes halogenated alkanes) is 2. The van der Waals surface area contributed by atoms with Crippen LogP contribution in [0.2, 0.25) is 0 Å². The molecule has 0 saturated carbocycles. The number of imidazole rings is 1. The van der Waals surface area contributed by atoms with E-state index >= 15 is 0 Å². The number of hydrogen-bond donors (Lipinski definition) is 5. The van der Waals surface area contributed by atoms with E-state index in [0.29, 0.717) is 24.3 Å². The maximum Gasteiger partial charge on any atom is 0.319 e. The number of amides is 2. The number of aromatic nitrogens is 4. The van der Waals surface area contributed by atoms with Crippen LogP contribution in [-0.2, 0) is 10.2 Å². The summed E-state index contributed by atoms with van der Waals surface area (Å²) in [6.45, 7) is 8.29. The van der Waals surface area contributed by atoms with Crippen LogP contribution in [-0.4, -0.2) is 85.7 Å². The van der Waals surface area contributed by atoms with Gasteiger partial charge < -0.3 is 36.2 Å². The Labute approximate surface area is 228 Å². The van der Waals surface area contributed by atoms with E-state index in [1.54, 1.807) is 4.57 Å². The molecule has 0 unspecified atom stereocenters. The van der Waals surface area contributed by atoms with Crippen molar-refractivity contribution >= 4 is 28.7 Å². The van der Waals surface area contributed by atoms with Crippen LogP contribution in [0, 0.1) is 0 Å². The van der Waals surface area contributed by atoms with E-state index in [1.807, 2.05) is 31.3 Å². The molecule has 0 aliphatic carbocycles. The minimum Gasteiger partial charge on any atom is -0.387 e. The second-order valence-corrected chi connectivity index (χ2v) is 11.2. The molecule has 0 radical (unpaired) electrons. The second kappa shape index (κ2) is 12.2. The molecule has 6 N–H and O–H groups in total. The average molecular weight is 541 g/mol. The number of likely N-dealkylation sites (N-methyl/N-ethyl adjacent to an activating group) is 1. The van der Waals surface area contributed by atoms with Crippen LogP contribution in [0.3, 0.4) is 0 Å². The summed E-state index contributed by atoms with van der Waals surface area (Å²) in [5.41, 5.74) is 8.77. The normalized spacial score (nSPS) is 21.5. The van der Waals surface area contributed by atoms with Gasteiger partial charge in [-0.3, -0.25) is 4.57 Å². The van der Waals surface area contributed by atoms with Gasteiger partial charge in [-0.1, -0.05) is 39.3 Å². The van der Waals surface area contributed by atoms with Crippen molar-refractivity contribution in [2.75, 3.05) is 37.7 Å². The first-order valence-corrected chi connectivity index (χ1v) is 13.3. The summed E-state index contributed by atoms with van der Waals surface area (Å²) >= 11 is 0. The first-order valence-electron chi connectivity index (χ1n) is 13.3. The number of fused-ring (bicyclic) bond motifs is 1. The monoisotopic (exact) mass is 540 g/mol. The van der Waals surface area contributed by atoms with Crippen LogP contribution < -0.4 is 16.4 Å². The van der Waals surface area contributed by atoms with Crippen LogP contribution in [0.15, 0.2) is 36.9 Å². The van der Waals surface area contributed by atoms with Crippen LogP contribution in [0.25, 0.3) is 11.2 Å². The number of benzene rings is 1. The van der Waals surface area contributed by atoms with Crippen LogP contribution in [0.1, 0.15) is 51.8 Å². The number of nitrogen functional groups attached to an aromatic ring is 1. The van der Waals surface area contributed by atoms with Crippen molar-refractivity contribution in [1.82, 2.24) is 29.7 Å². The van der Waals surface area contributed by atoms with Gasteiger partial charge in [-0.15, -0.1) is 0 Å². The number of aliphatic hydroxyl groups excluding tert-OH is 2. The van der Waals surface area contributed by atoms with E-state index in [1.165, 1.54) is 18.2 Å². The largest absolute Gasteiger partial charge is 0.387 e. The average Bonchev–Trinajstić information content (AvgIpc) is 3.43. The number of carbonyl (C=O) groups is 1. The quantitative estimate of drug-likeness (QED) is 0.243. The van der Waals surface area contributed by atoms with E-state index < -0.39 is 24.5 Å². The number of urea groups is 1. The molecule has 1 saturated heterocycles. The Bertz CT molecular complexity index is 1240. The number of nitrogens with zero attached hydrogens (tertiary/aromatic N) is 5. The van der Waals surface area contributed by atoms with Crippen molar-refractivity contribution in [2.45, 2.75) is 70.0 Å². The lowest BCUT2D eigenvalue weighted by molar-refractivity contribution is -0.0422. The number of nitrogens with two attached hydrogens (primary N) is 1. The molecule has 1 aliphatic heterocycles. The van der Waals surface area contributed by atoms with Crippen LogP contribution in [0.4, 0.5) is 16.3 Å². The van der Waals surface area contributed by atoms with E-state index in [4.69, 9.17) is 10.5 Å². The molecule has 0 bridgehead atoms. The molecule has 1 fully saturated rings. The zero-order valence-electron chi connectivity index (χ0n) is 23.0. The third-order valence-electron chi connectivity index (χ3n) is 7.00. The van der Waals surface area contributed by atoms with Crippen molar-refractivity contribution < 1.29 is 19.7 Å². The molecule has 1 aliphatic rings. The number of carbonyl (C=O) groups excluding carboxylic acids is 1. The van der Waals surface area contributed by atoms with Crippen molar-refractivity contribution in [3.05, 3.63) is 42.5 Å². The minimum absolute atomic E-state index is 0.0730. The molecule has 2 amide bonds. The molecular weight excluding hydrogens is 500 g/mol. The van der Waals surface area contributed by atoms with Crippen molar-refractivity contribution in [3.8, 4) is 0 Å². The van der Waals surface area contributed by atoms with Crippen molar-refractivity contribution in [1.29, 1.82) is 0 Å². The summed E-state index contributed by atoms with van der Waals surface area (Å²) in [6, 6.07) is 7.70. The summed E-state index contributed by atoms with van der Waals surface area (Å²) in [5, 5.41) is 27.0. The van der Waals surface area contributed by atoms with Gasteiger partial charge in [0.1, 0.15) is 30.2 Å². The van der Waals surface area contributed by atoms with E-state index in [2.05, 4.69) is 51.3 Å². The van der Waals surface area contributed by atoms with Gasteiger partial charge in [0.2, 0.25) is 0 Å². The van der Waals surface area contributed by atoms with Gasteiger partial charge in [-0.25, -0.2) is 19.7 Å². The van der Waals surface area contributed by atoms with Crippen molar-refractivity contribution in [3.63, 3.8) is 0 Å². The third-order valence-corrected chi connectivity index (χ3v) is 7.00. The zero-order chi connectivity index (χ0) is 28.2. The number of rotatable bonds is 10. The number of anilines is 2. The fourth-order valence-corrected chi connectivity index (χ4v) is 4.68. The molecule has 12 heteroatoms. The minimum atomic E-state index is -1.13. The van der Waals surface area contributed by atoms with Gasteiger partial charge in [0, 0.05) is 18.8 Å². The topological polar surface area (TPSA) is 164 Å². The van der Waals surface area contributed by atoms with Crippen molar-refractivity contribution in [2.24, 2.45) is 0 Å². The highest BCUT2D eigenvalue weighted by atomic mass is 16.6. The van der Waals surface area contributed by atoms with Gasteiger partial charge in [-0.05, 0) is 49.5 Å². The summed E-state index contributed by atoms with van der Waals surface area (Å²) < 4.78 is 7.59. The van der Waals surface area contributed by atoms with Gasteiger partial charge in [-0.2, -0.15) is 0 Å². The van der Waals surface area contributed by atoms with Gasteiger partial charge >= 0.3 is 6.03 Å². The summed E-state index contributed by atoms with van der Waals surface area (Å²) in [6.07, 6.45) is 1.93. The first-order chi connectivity index (χ1) is 18.5. The fourth-order valence-electron chi connectivity index (χ4n) is 4.68. The van der Waals surface area contributed by atoms with E-state index in [9.17, 15) is 15.0 Å². The number of ether oxygens (including phenoxy) is 1. The SMILES string of the molecule is CN(CCCCCNC(=O)Nc1ccc(C(C)(C)C)cc1)C[C@H]1O[C@@H](n2cnc3c(N)ncnc32)[C@H](O)[C@@H]1O. The van der Waals surface area contributed by atoms with Crippen LogP contribution in [0.5, 0.6) is 0 Å². The highest BCUT2D eigenvalue weighted by molar-refractivity contribution is 5.89. The predicted octanol–water partition coefficient (Wildman–Crippen LogP) is 2.25. The Hall–Kier alpha value is -3.32. The summed E-state index contributed by atoms with van der Waals surface area (Å²) in [7, 11) is 1.95. The molecule has 3 aromatic rings. The smallest absolute Gasteiger partial charge is 0.319 e. The Balaban J connectivity index is 1.14. The highest BCUT2D eigenvalue weighted by Gasteiger charge is 2.44. The summed E-state index contributed by atoms with van der Waals surface area (Å²) in [4.78, 5) is 26.6. The van der Waals surface area contributed by atoms with Crippen LogP contribution >= 0.6 is 0 Å². The molecule has 212 valence electrons. The maximum absolute atomic E-state index is 12.2. The highest BCUT2D eigenvalue weighted by Crippen LogP contribution is 2.32. The molecule has 3 heterocycles. The standard InChI is InChI=1S/C27H40N8O4/c1-27(2,3)17-8-10-18(11-9-17)33-26(38)29-12-6-5-7-13-34(4)14-19-21(36)22(37)25(39-19)35-16-32-20-23(28)30-15-31-24(20)35/h8-11,15-16,19,21-22,25,36-37H,5-7,12-14H2,1-4H3,(H2,28,30,31)(H2,29,33,38)/t19-,21-,22-,25-/m1/s1. The molecule has 39 heavy (non-hydrogen) atoms. The molecule has 12 nitrogen and oxygen atoms in total. The summed E-state index contributed by atoms with van der Waals surface area (Å²) in [5.74, 6) is 0.241. The molecule has 1 aromatic carbocycles. The zero-order valence-corrected chi connectivity index (χ0v) is 23.0. The Morgan fingerprint density at radius 2 is 1.85 bits per heavy atom. The lowest BCUT2D eigenvalue weighted by Crippen LogP contribution is -2.38. The maximum atomic E-state index is 12.2. The van der Waals surface area contributed by atoms with Gasteiger partial charge in [0.05, 0.1) is 6.33 Å². The van der Waals surface area contributed by atoms with Gasteiger partial charge in [0.25, 0.3) is 0 Å². The fraction of sp³-hybridized carbons (Fsp3) is 0.556. The Kier molecular flexibility index (Phi) is 9.01. The van der Waals surface area contributed by atoms with E-state index in [0.717, 1.165) is 31.5 Å². The predicted molar refractivity (Wildman–Crippen MR) is 149 cm³/mol. The molecular formula is C27H40N8O4. The Morgan fingerprint density at radius 3 is 2.56 bits per heavy atom. The van der Waals surface area contributed by atoms with E-state index in [-0.39, 0.29) is 17.3 Å². The molecule has 0 spiro atoms. The molecule has 4 rings (SSSR count). The number of nitrogens with one attached hydrogen (secondary N) is 2. The molecule has 2 aromatic heterocycles. The van der Waals surface area contributed by atoms with Gasteiger partial charge in [0.15, 0.2) is 17.7 Å². The lowest BCUT2D eigenvalue weighted by atomic mass is 9.87. The lowest BCUT2D eigenvalue weighted by Gasteiger charge is -2.22. The molecule has 4 atom stereocenters. The second-order valence-electron chi connectivity index (χ2n) is 11.2. The first kappa shape index (κ1) is 28.7. The number of aliphatic hydroxyl groups is 2. The Morgan fingerprint density at radius 1 is 1.10 bits per heavy atom. The third kappa shape index (κ3) is 7.01.